The lowest BCUT2D eigenvalue weighted by molar-refractivity contribution is 0.0781. The number of aromatic nitrogens is 1. The molecule has 1 unspecified atom stereocenters. The van der Waals surface area contributed by atoms with Crippen LogP contribution >= 0.6 is 0 Å². The fraction of sp³-hybridized carbons (Fsp3) is 0.190. The molecule has 0 fully saturated rings. The van der Waals surface area contributed by atoms with E-state index < -0.39 is 5.60 Å². The predicted octanol–water partition coefficient (Wildman–Crippen LogP) is 4.11. The molecule has 0 amide bonds. The number of benzene rings is 2. The minimum absolute atomic E-state index is 0.125. The minimum Gasteiger partial charge on any atom is -0.481 e. The molecule has 2 aromatic carbocycles. The molecule has 0 saturated carbocycles. The molecule has 1 aromatic heterocycles. The van der Waals surface area contributed by atoms with E-state index in [1.807, 2.05) is 37.4 Å². The number of nitrogens with one attached hydrogen (secondary N) is 1. The molecule has 134 valence electrons. The molecule has 0 aliphatic carbocycles. The van der Waals surface area contributed by atoms with Gasteiger partial charge in [0.15, 0.2) is 5.78 Å². The number of rotatable bonds is 6. The van der Waals surface area contributed by atoms with Gasteiger partial charge >= 0.3 is 0 Å². The molecule has 5 heteroatoms. The number of carbonyl (C=O) groups excluding carboxylic acids is 1. The number of nitrogen functional groups attached to an aromatic ring is 2. The van der Waals surface area contributed by atoms with Gasteiger partial charge in [0, 0.05) is 17.3 Å². The van der Waals surface area contributed by atoms with Crippen LogP contribution in [0.25, 0.3) is 0 Å². The highest BCUT2D eigenvalue weighted by molar-refractivity contribution is 6.10. The number of ether oxygens (including phenoxy) is 1. The summed E-state index contributed by atoms with van der Waals surface area (Å²) in [5.74, 6) is 0.512. The SMILES string of the molecule is CCC(C)(Oc1cccc(C(=O)c2ccc(N)c(N)c2)c1)c1ccc[nH]1. The van der Waals surface area contributed by atoms with Crippen LogP contribution in [-0.4, -0.2) is 10.8 Å². The van der Waals surface area contributed by atoms with Crippen LogP contribution in [0, 0.1) is 0 Å². The summed E-state index contributed by atoms with van der Waals surface area (Å²) >= 11 is 0. The average Bonchev–Trinajstić information content (AvgIpc) is 3.19. The Morgan fingerprint density at radius 2 is 1.81 bits per heavy atom. The molecule has 1 heterocycles. The Balaban J connectivity index is 1.88. The van der Waals surface area contributed by atoms with Crippen molar-refractivity contribution in [2.75, 3.05) is 11.5 Å². The number of nitrogens with two attached hydrogens (primary N) is 2. The van der Waals surface area contributed by atoms with E-state index in [2.05, 4.69) is 11.9 Å². The molecule has 26 heavy (non-hydrogen) atoms. The van der Waals surface area contributed by atoms with Crippen molar-refractivity contribution in [1.29, 1.82) is 0 Å². The summed E-state index contributed by atoms with van der Waals surface area (Å²) in [6.07, 6.45) is 2.65. The summed E-state index contributed by atoms with van der Waals surface area (Å²) in [7, 11) is 0. The van der Waals surface area contributed by atoms with E-state index in [4.69, 9.17) is 16.2 Å². The predicted molar refractivity (Wildman–Crippen MR) is 104 cm³/mol. The Morgan fingerprint density at radius 3 is 2.46 bits per heavy atom. The first kappa shape index (κ1) is 17.6. The fourth-order valence-corrected chi connectivity index (χ4v) is 2.82. The van der Waals surface area contributed by atoms with Crippen molar-refractivity contribution in [2.45, 2.75) is 25.9 Å². The Kier molecular flexibility index (Phi) is 4.71. The minimum atomic E-state index is -0.503. The molecule has 5 N–H and O–H groups in total. The highest BCUT2D eigenvalue weighted by Crippen LogP contribution is 2.31. The van der Waals surface area contributed by atoms with Gasteiger partial charge in [-0.25, -0.2) is 0 Å². The number of H-pyrrole nitrogens is 1. The van der Waals surface area contributed by atoms with Gasteiger partial charge in [0.05, 0.1) is 17.1 Å². The largest absolute Gasteiger partial charge is 0.481 e. The van der Waals surface area contributed by atoms with Crippen molar-refractivity contribution >= 4 is 17.2 Å². The Hall–Kier alpha value is -3.21. The molecule has 0 radical (unpaired) electrons. The van der Waals surface area contributed by atoms with Crippen LogP contribution in [0.5, 0.6) is 5.75 Å². The van der Waals surface area contributed by atoms with Crippen molar-refractivity contribution < 1.29 is 9.53 Å². The lowest BCUT2D eigenvalue weighted by atomic mass is 9.98. The first-order valence-electron chi connectivity index (χ1n) is 8.55. The van der Waals surface area contributed by atoms with Crippen molar-refractivity contribution in [1.82, 2.24) is 4.98 Å². The first-order valence-corrected chi connectivity index (χ1v) is 8.55. The van der Waals surface area contributed by atoms with Crippen LogP contribution in [0.3, 0.4) is 0 Å². The van der Waals surface area contributed by atoms with E-state index in [0.29, 0.717) is 28.3 Å². The number of ketones is 1. The maximum Gasteiger partial charge on any atom is 0.193 e. The van der Waals surface area contributed by atoms with Crippen LogP contribution in [0.1, 0.15) is 41.9 Å². The topological polar surface area (TPSA) is 94.1 Å². The number of anilines is 2. The molecule has 1 atom stereocenters. The first-order chi connectivity index (χ1) is 12.4. The van der Waals surface area contributed by atoms with Gasteiger partial charge in [0.25, 0.3) is 0 Å². The van der Waals surface area contributed by atoms with Gasteiger partial charge in [-0.3, -0.25) is 4.79 Å². The van der Waals surface area contributed by atoms with Crippen LogP contribution in [0.15, 0.2) is 60.8 Å². The fourth-order valence-electron chi connectivity index (χ4n) is 2.82. The molecule has 3 aromatic rings. The summed E-state index contributed by atoms with van der Waals surface area (Å²) < 4.78 is 6.24. The van der Waals surface area contributed by atoms with Crippen molar-refractivity contribution in [3.63, 3.8) is 0 Å². The lowest BCUT2D eigenvalue weighted by Crippen LogP contribution is -2.29. The van der Waals surface area contributed by atoms with Crippen LogP contribution in [0.2, 0.25) is 0 Å². The van der Waals surface area contributed by atoms with Crippen LogP contribution < -0.4 is 16.2 Å². The lowest BCUT2D eigenvalue weighted by Gasteiger charge is -2.29. The zero-order valence-electron chi connectivity index (χ0n) is 15.0. The molecule has 0 aliphatic rings. The Labute approximate surface area is 153 Å². The van der Waals surface area contributed by atoms with Gasteiger partial charge in [0.1, 0.15) is 11.4 Å². The van der Waals surface area contributed by atoms with E-state index >= 15 is 0 Å². The normalized spacial score (nSPS) is 13.2. The molecule has 0 aliphatic heterocycles. The second kappa shape index (κ2) is 6.96. The molecule has 0 bridgehead atoms. The molecular formula is C21H23N3O2. The van der Waals surface area contributed by atoms with Gasteiger partial charge in [-0.1, -0.05) is 19.1 Å². The molecule has 0 spiro atoms. The summed E-state index contributed by atoms with van der Waals surface area (Å²) in [6, 6.07) is 16.0. The third-order valence-corrected chi connectivity index (χ3v) is 4.63. The smallest absolute Gasteiger partial charge is 0.193 e. The molecule has 5 nitrogen and oxygen atoms in total. The second-order valence-electron chi connectivity index (χ2n) is 6.47. The number of aromatic amines is 1. The number of hydrogen-bond acceptors (Lipinski definition) is 4. The van der Waals surface area contributed by atoms with Gasteiger partial charge in [-0.2, -0.15) is 0 Å². The van der Waals surface area contributed by atoms with E-state index in [0.717, 1.165) is 12.1 Å². The number of hydrogen-bond donors (Lipinski definition) is 3. The highest BCUT2D eigenvalue weighted by Gasteiger charge is 2.28. The van der Waals surface area contributed by atoms with E-state index in [-0.39, 0.29) is 5.78 Å². The van der Waals surface area contributed by atoms with Gasteiger partial charge in [-0.15, -0.1) is 0 Å². The monoisotopic (exact) mass is 349 g/mol. The summed E-state index contributed by atoms with van der Waals surface area (Å²) in [5.41, 5.74) is 13.9. The quantitative estimate of drug-likeness (QED) is 0.461. The van der Waals surface area contributed by atoms with Crippen molar-refractivity contribution in [3.05, 3.63) is 77.6 Å². The zero-order valence-corrected chi connectivity index (χ0v) is 15.0. The van der Waals surface area contributed by atoms with Crippen molar-refractivity contribution in [3.8, 4) is 5.75 Å². The van der Waals surface area contributed by atoms with E-state index in [1.165, 1.54) is 0 Å². The molecular weight excluding hydrogens is 326 g/mol. The Morgan fingerprint density at radius 1 is 1.04 bits per heavy atom. The highest BCUT2D eigenvalue weighted by atomic mass is 16.5. The van der Waals surface area contributed by atoms with Gasteiger partial charge in [0.2, 0.25) is 0 Å². The Bertz CT molecular complexity index is 919. The van der Waals surface area contributed by atoms with Gasteiger partial charge < -0.3 is 21.2 Å². The summed E-state index contributed by atoms with van der Waals surface area (Å²) in [6.45, 7) is 4.08. The third kappa shape index (κ3) is 3.42. The zero-order chi connectivity index (χ0) is 18.7. The second-order valence-corrected chi connectivity index (χ2v) is 6.47. The maximum absolute atomic E-state index is 12.8. The standard InChI is InChI=1S/C21H23N3O2/c1-3-21(2,19-8-5-11-24-19)26-16-7-4-6-14(12-16)20(25)15-9-10-17(22)18(23)13-15/h4-13,24H,3,22-23H2,1-2H3. The van der Waals surface area contributed by atoms with E-state index in [1.54, 1.807) is 30.3 Å². The molecule has 0 saturated heterocycles. The van der Waals surface area contributed by atoms with E-state index in [9.17, 15) is 4.79 Å². The van der Waals surface area contributed by atoms with Crippen LogP contribution in [0.4, 0.5) is 11.4 Å². The number of carbonyl (C=O) groups is 1. The van der Waals surface area contributed by atoms with Gasteiger partial charge in [-0.05, 0) is 55.8 Å². The average molecular weight is 349 g/mol. The summed E-state index contributed by atoms with van der Waals surface area (Å²) in [5, 5.41) is 0. The maximum atomic E-state index is 12.8. The third-order valence-electron chi connectivity index (χ3n) is 4.63. The van der Waals surface area contributed by atoms with Crippen molar-refractivity contribution in [2.24, 2.45) is 0 Å². The van der Waals surface area contributed by atoms with Crippen LogP contribution in [-0.2, 0) is 5.60 Å². The summed E-state index contributed by atoms with van der Waals surface area (Å²) in [4.78, 5) is 16.0. The molecule has 3 rings (SSSR count).